The van der Waals surface area contributed by atoms with Crippen LogP contribution < -0.4 is 11.3 Å². The Labute approximate surface area is 134 Å². The zero-order valence-electron chi connectivity index (χ0n) is 11.0. The fraction of sp³-hybridized carbons (Fsp3) is 0. The molecular formula is C14H8ClN5OS. The number of nitrogen functional groups attached to an aromatic ring is 1. The van der Waals surface area contributed by atoms with Gasteiger partial charge in [-0.3, -0.25) is 9.78 Å². The number of hydrogen-bond acceptors (Lipinski definition) is 5. The lowest BCUT2D eigenvalue weighted by Crippen LogP contribution is -2.12. The van der Waals surface area contributed by atoms with Crippen molar-refractivity contribution >= 4 is 40.7 Å². The van der Waals surface area contributed by atoms with Gasteiger partial charge in [-0.2, -0.15) is 5.26 Å². The van der Waals surface area contributed by atoms with E-state index in [-0.39, 0.29) is 27.2 Å². The van der Waals surface area contributed by atoms with E-state index in [2.05, 4.69) is 15.0 Å². The molecule has 0 unspecified atom stereocenters. The summed E-state index contributed by atoms with van der Waals surface area (Å²) < 4.78 is 0.135. The van der Waals surface area contributed by atoms with E-state index in [9.17, 15) is 10.1 Å². The fourth-order valence-electron chi connectivity index (χ4n) is 2.24. The lowest BCUT2D eigenvalue weighted by molar-refractivity contribution is 1.11. The zero-order chi connectivity index (χ0) is 15.9. The molecule has 0 amide bonds. The number of aromatic nitrogens is 3. The molecule has 0 atom stereocenters. The van der Waals surface area contributed by atoms with Gasteiger partial charge >= 0.3 is 0 Å². The van der Waals surface area contributed by atoms with Gasteiger partial charge in [-0.25, -0.2) is 4.98 Å². The highest BCUT2D eigenvalue weighted by atomic mass is 35.5. The summed E-state index contributed by atoms with van der Waals surface area (Å²) >= 11 is 10.8. The van der Waals surface area contributed by atoms with Gasteiger partial charge in [-0.15, -0.1) is 0 Å². The highest BCUT2D eigenvalue weighted by Crippen LogP contribution is 2.31. The van der Waals surface area contributed by atoms with Crippen LogP contribution in [0.25, 0.3) is 22.2 Å². The predicted octanol–water partition coefficient (Wildman–Crippen LogP) is 2.75. The Balaban J connectivity index is 2.55. The summed E-state index contributed by atoms with van der Waals surface area (Å²) in [5.41, 5.74) is 6.80. The van der Waals surface area contributed by atoms with Gasteiger partial charge in [-0.05, 0) is 29.9 Å². The summed E-state index contributed by atoms with van der Waals surface area (Å²) in [6.07, 6.45) is 0. The number of H-pyrrole nitrogens is 2. The number of rotatable bonds is 1. The van der Waals surface area contributed by atoms with E-state index in [1.807, 2.05) is 6.07 Å². The summed E-state index contributed by atoms with van der Waals surface area (Å²) in [5.74, 6) is 0.0243. The molecule has 3 rings (SSSR count). The van der Waals surface area contributed by atoms with E-state index >= 15 is 0 Å². The number of nitrogens with one attached hydrogen (secondary N) is 2. The Hall–Kier alpha value is -2.69. The van der Waals surface area contributed by atoms with Gasteiger partial charge in [0.1, 0.15) is 23.1 Å². The fourth-order valence-corrected chi connectivity index (χ4v) is 2.55. The number of benzene rings is 1. The first kappa shape index (κ1) is 14.3. The lowest BCUT2D eigenvalue weighted by Gasteiger charge is -2.10. The van der Waals surface area contributed by atoms with Crippen molar-refractivity contribution in [3.8, 4) is 17.2 Å². The van der Waals surface area contributed by atoms with Crippen molar-refractivity contribution in [2.45, 2.75) is 0 Å². The molecule has 4 N–H and O–H groups in total. The van der Waals surface area contributed by atoms with Crippen molar-refractivity contribution in [2.75, 3.05) is 5.73 Å². The van der Waals surface area contributed by atoms with Crippen LogP contribution in [0.1, 0.15) is 5.56 Å². The van der Waals surface area contributed by atoms with Crippen LogP contribution in [-0.4, -0.2) is 15.0 Å². The summed E-state index contributed by atoms with van der Waals surface area (Å²) in [4.78, 5) is 21.6. The normalized spacial score (nSPS) is 10.5. The van der Waals surface area contributed by atoms with Gasteiger partial charge in [0.05, 0.1) is 5.39 Å². The second-order valence-corrected chi connectivity index (χ2v) is 5.34. The number of aromatic amines is 2. The van der Waals surface area contributed by atoms with Gasteiger partial charge in [0.2, 0.25) is 0 Å². The average molecular weight is 330 g/mol. The number of nitrogens with two attached hydrogens (primary N) is 1. The summed E-state index contributed by atoms with van der Waals surface area (Å²) in [7, 11) is 0. The molecule has 6 nitrogen and oxygen atoms in total. The number of nitrogens with zero attached hydrogens (tertiary/aromatic N) is 2. The van der Waals surface area contributed by atoms with E-state index in [1.165, 1.54) is 0 Å². The van der Waals surface area contributed by atoms with Crippen molar-refractivity contribution in [3.05, 3.63) is 50.0 Å². The standard InChI is InChI=1S/C14H8ClN5OS/c15-7-3-1-6(2-4-7)9-8(5-16)11(17)18-12-10(9)13(21)20-14(22)19-12/h1-4H,(H4,17,18,19,20,21,22). The first-order chi connectivity index (χ1) is 10.5. The Bertz CT molecular complexity index is 1050. The third-order valence-electron chi connectivity index (χ3n) is 3.16. The van der Waals surface area contributed by atoms with Crippen LogP contribution >= 0.6 is 23.8 Å². The van der Waals surface area contributed by atoms with Gasteiger partial charge in [0.25, 0.3) is 5.56 Å². The predicted molar refractivity (Wildman–Crippen MR) is 87.1 cm³/mol. The van der Waals surface area contributed by atoms with Crippen LogP contribution in [0, 0.1) is 16.1 Å². The van der Waals surface area contributed by atoms with Gasteiger partial charge in [0, 0.05) is 10.6 Å². The smallest absolute Gasteiger partial charge is 0.261 e. The highest BCUT2D eigenvalue weighted by Gasteiger charge is 2.18. The topological polar surface area (TPSA) is 111 Å². The van der Waals surface area contributed by atoms with Gasteiger partial charge in [0.15, 0.2) is 4.77 Å². The molecule has 2 heterocycles. The maximum absolute atomic E-state index is 12.3. The molecule has 108 valence electrons. The molecule has 0 saturated carbocycles. The summed E-state index contributed by atoms with van der Waals surface area (Å²) in [6, 6.07) is 8.74. The number of hydrogen-bond donors (Lipinski definition) is 3. The largest absolute Gasteiger partial charge is 0.383 e. The van der Waals surface area contributed by atoms with Crippen LogP contribution in [0.15, 0.2) is 29.1 Å². The Kier molecular flexibility index (Phi) is 3.41. The number of halogens is 1. The van der Waals surface area contributed by atoms with Crippen LogP contribution in [0.5, 0.6) is 0 Å². The van der Waals surface area contributed by atoms with E-state index < -0.39 is 5.56 Å². The number of nitriles is 1. The van der Waals surface area contributed by atoms with Crippen molar-refractivity contribution in [2.24, 2.45) is 0 Å². The molecule has 1 aromatic carbocycles. The van der Waals surface area contributed by atoms with Crippen LogP contribution in [0.2, 0.25) is 5.02 Å². The maximum Gasteiger partial charge on any atom is 0.261 e. The molecule has 0 fully saturated rings. The Morgan fingerprint density at radius 2 is 1.95 bits per heavy atom. The average Bonchev–Trinajstić information content (AvgIpc) is 2.46. The Morgan fingerprint density at radius 3 is 2.59 bits per heavy atom. The molecule has 2 aromatic heterocycles. The van der Waals surface area contributed by atoms with Crippen molar-refractivity contribution in [3.63, 3.8) is 0 Å². The number of fused-ring (bicyclic) bond motifs is 1. The summed E-state index contributed by atoms with van der Waals surface area (Å²) in [5, 5.41) is 10.1. The monoisotopic (exact) mass is 329 g/mol. The van der Waals surface area contributed by atoms with Gasteiger partial charge < -0.3 is 10.7 Å². The zero-order valence-corrected chi connectivity index (χ0v) is 12.5. The minimum Gasteiger partial charge on any atom is -0.383 e. The molecule has 0 bridgehead atoms. The van der Waals surface area contributed by atoms with E-state index in [0.717, 1.165) is 0 Å². The third kappa shape index (κ3) is 2.24. The Morgan fingerprint density at radius 1 is 1.27 bits per heavy atom. The molecular weight excluding hydrogens is 322 g/mol. The molecule has 0 saturated heterocycles. The van der Waals surface area contributed by atoms with E-state index in [0.29, 0.717) is 16.1 Å². The van der Waals surface area contributed by atoms with E-state index in [4.69, 9.17) is 29.6 Å². The molecule has 0 aliphatic carbocycles. The quantitative estimate of drug-likeness (QED) is 0.594. The first-order valence-electron chi connectivity index (χ1n) is 6.13. The van der Waals surface area contributed by atoms with Crippen LogP contribution in [0.3, 0.4) is 0 Å². The molecule has 0 radical (unpaired) electrons. The molecule has 0 spiro atoms. The third-order valence-corrected chi connectivity index (χ3v) is 3.61. The maximum atomic E-state index is 12.3. The van der Waals surface area contributed by atoms with Crippen molar-refractivity contribution in [1.29, 1.82) is 5.26 Å². The molecule has 22 heavy (non-hydrogen) atoms. The van der Waals surface area contributed by atoms with Crippen molar-refractivity contribution in [1.82, 2.24) is 15.0 Å². The molecule has 3 aromatic rings. The van der Waals surface area contributed by atoms with Crippen LogP contribution in [0.4, 0.5) is 5.82 Å². The minimum atomic E-state index is -0.437. The number of pyridine rings is 1. The first-order valence-corrected chi connectivity index (χ1v) is 6.91. The molecule has 0 aliphatic heterocycles. The molecule has 0 aliphatic rings. The SMILES string of the molecule is N#Cc1c(N)nc2[nH]c(=S)[nH]c(=O)c2c1-c1ccc(Cl)cc1. The lowest BCUT2D eigenvalue weighted by atomic mass is 9.98. The highest BCUT2D eigenvalue weighted by molar-refractivity contribution is 7.71. The minimum absolute atomic E-state index is 0.0243. The second kappa shape index (κ2) is 5.26. The molecule has 8 heteroatoms. The number of anilines is 1. The van der Waals surface area contributed by atoms with Crippen molar-refractivity contribution < 1.29 is 0 Å². The van der Waals surface area contributed by atoms with Gasteiger partial charge in [-0.1, -0.05) is 23.7 Å². The second-order valence-electron chi connectivity index (χ2n) is 4.50. The van der Waals surface area contributed by atoms with E-state index in [1.54, 1.807) is 24.3 Å². The summed E-state index contributed by atoms with van der Waals surface area (Å²) in [6.45, 7) is 0. The van der Waals surface area contributed by atoms with Crippen LogP contribution in [-0.2, 0) is 0 Å².